The van der Waals surface area contributed by atoms with E-state index in [1.807, 2.05) is 12.1 Å². The Morgan fingerprint density at radius 1 is 1.04 bits per heavy atom. The minimum absolute atomic E-state index is 0.136. The van der Waals surface area contributed by atoms with Gasteiger partial charge in [0, 0.05) is 42.5 Å². The Bertz CT molecular complexity index is 797. The summed E-state index contributed by atoms with van der Waals surface area (Å²) in [6, 6.07) is 12.3. The highest BCUT2D eigenvalue weighted by Gasteiger charge is 2.21. The smallest absolute Gasteiger partial charge is 0.262 e. The molecule has 0 radical (unpaired) electrons. The average Bonchev–Trinajstić information content (AvgIpc) is 3.12. The number of ether oxygens (including phenoxy) is 3. The third kappa shape index (κ3) is 4.69. The van der Waals surface area contributed by atoms with Gasteiger partial charge in [0.2, 0.25) is 5.91 Å². The Balaban J connectivity index is 1.55. The van der Waals surface area contributed by atoms with Crippen molar-refractivity contribution in [3.05, 3.63) is 42.5 Å². The second-order valence-corrected chi connectivity index (χ2v) is 6.08. The molecule has 7 nitrogen and oxygen atoms in total. The Morgan fingerprint density at radius 2 is 1.70 bits per heavy atom. The molecular formula is C20H22N2O5. The number of anilines is 2. The highest BCUT2D eigenvalue weighted by atomic mass is 16.5. The molecule has 1 saturated heterocycles. The number of hydrogen-bond donors (Lipinski definition) is 1. The predicted molar refractivity (Wildman–Crippen MR) is 102 cm³/mol. The number of benzene rings is 2. The Kier molecular flexibility index (Phi) is 5.80. The van der Waals surface area contributed by atoms with Gasteiger partial charge >= 0.3 is 0 Å². The molecule has 2 amide bonds. The fourth-order valence-electron chi connectivity index (χ4n) is 2.87. The molecule has 2 aromatic carbocycles. The molecule has 142 valence electrons. The summed E-state index contributed by atoms with van der Waals surface area (Å²) >= 11 is 0. The molecule has 0 bridgehead atoms. The molecule has 0 unspecified atom stereocenters. The van der Waals surface area contributed by atoms with E-state index in [1.54, 1.807) is 49.5 Å². The van der Waals surface area contributed by atoms with Crippen molar-refractivity contribution in [1.82, 2.24) is 0 Å². The Hall–Kier alpha value is -3.22. The molecule has 1 aliphatic heterocycles. The number of carbonyl (C=O) groups is 2. The standard InChI is InChI=1S/C20H22N2O5/c1-25-17-10-14(11-18(12-17)26-2)21-19(23)13-27-16-7-5-15(6-8-16)22-9-3-4-20(22)24/h5-8,10-12H,3-4,9,13H2,1-2H3,(H,21,23). The molecule has 27 heavy (non-hydrogen) atoms. The third-order valence-electron chi connectivity index (χ3n) is 4.23. The van der Waals surface area contributed by atoms with Gasteiger partial charge in [0.25, 0.3) is 5.91 Å². The largest absolute Gasteiger partial charge is 0.497 e. The van der Waals surface area contributed by atoms with E-state index < -0.39 is 0 Å². The summed E-state index contributed by atoms with van der Waals surface area (Å²) in [6.07, 6.45) is 1.47. The van der Waals surface area contributed by atoms with E-state index in [9.17, 15) is 9.59 Å². The number of methoxy groups -OCH3 is 2. The van der Waals surface area contributed by atoms with Crippen LogP contribution in [-0.2, 0) is 9.59 Å². The first-order chi connectivity index (χ1) is 13.1. The van der Waals surface area contributed by atoms with Crippen molar-refractivity contribution >= 4 is 23.2 Å². The van der Waals surface area contributed by atoms with Gasteiger partial charge in [0.1, 0.15) is 17.2 Å². The van der Waals surface area contributed by atoms with Crippen LogP contribution >= 0.6 is 0 Å². The summed E-state index contributed by atoms with van der Waals surface area (Å²) in [5, 5.41) is 2.75. The number of hydrogen-bond acceptors (Lipinski definition) is 5. The van der Waals surface area contributed by atoms with Gasteiger partial charge in [0.05, 0.1) is 14.2 Å². The van der Waals surface area contributed by atoms with Crippen LogP contribution in [0.1, 0.15) is 12.8 Å². The van der Waals surface area contributed by atoms with Gasteiger partial charge < -0.3 is 24.4 Å². The SMILES string of the molecule is COc1cc(NC(=O)COc2ccc(N3CCCC3=O)cc2)cc(OC)c1. The van der Waals surface area contributed by atoms with E-state index >= 15 is 0 Å². The van der Waals surface area contributed by atoms with Gasteiger partial charge in [0.15, 0.2) is 6.61 Å². The Labute approximate surface area is 157 Å². The molecule has 0 atom stereocenters. The monoisotopic (exact) mass is 370 g/mol. The topological polar surface area (TPSA) is 77.1 Å². The summed E-state index contributed by atoms with van der Waals surface area (Å²) in [5.41, 5.74) is 1.40. The van der Waals surface area contributed by atoms with E-state index in [-0.39, 0.29) is 18.4 Å². The fraction of sp³-hybridized carbons (Fsp3) is 0.300. The van der Waals surface area contributed by atoms with Gasteiger partial charge in [-0.15, -0.1) is 0 Å². The molecule has 1 N–H and O–H groups in total. The van der Waals surface area contributed by atoms with Crippen molar-refractivity contribution in [3.8, 4) is 17.2 Å². The van der Waals surface area contributed by atoms with Crippen LogP contribution < -0.4 is 24.4 Å². The number of rotatable bonds is 7. The number of carbonyl (C=O) groups excluding carboxylic acids is 2. The van der Waals surface area contributed by atoms with Crippen LogP contribution in [0.5, 0.6) is 17.2 Å². The van der Waals surface area contributed by atoms with E-state index in [0.717, 1.165) is 18.7 Å². The molecule has 1 fully saturated rings. The molecular weight excluding hydrogens is 348 g/mol. The van der Waals surface area contributed by atoms with Crippen LogP contribution in [-0.4, -0.2) is 39.2 Å². The zero-order valence-corrected chi connectivity index (χ0v) is 15.4. The van der Waals surface area contributed by atoms with Crippen LogP contribution in [0.2, 0.25) is 0 Å². The lowest BCUT2D eigenvalue weighted by Crippen LogP contribution is -2.23. The molecule has 1 aliphatic rings. The van der Waals surface area contributed by atoms with Crippen molar-refractivity contribution in [2.24, 2.45) is 0 Å². The van der Waals surface area contributed by atoms with Crippen LogP contribution in [0.25, 0.3) is 0 Å². The number of nitrogens with zero attached hydrogens (tertiary/aromatic N) is 1. The van der Waals surface area contributed by atoms with E-state index in [2.05, 4.69) is 5.32 Å². The molecule has 0 aliphatic carbocycles. The van der Waals surface area contributed by atoms with Crippen molar-refractivity contribution in [3.63, 3.8) is 0 Å². The van der Waals surface area contributed by atoms with Crippen LogP contribution in [0.3, 0.4) is 0 Å². The van der Waals surface area contributed by atoms with E-state index in [0.29, 0.717) is 29.4 Å². The van der Waals surface area contributed by atoms with Crippen molar-refractivity contribution < 1.29 is 23.8 Å². The predicted octanol–water partition coefficient (Wildman–Crippen LogP) is 2.85. The molecule has 0 spiro atoms. The molecule has 3 rings (SSSR count). The van der Waals surface area contributed by atoms with Crippen LogP contribution in [0.4, 0.5) is 11.4 Å². The lowest BCUT2D eigenvalue weighted by atomic mass is 10.2. The second kappa shape index (κ2) is 8.44. The maximum absolute atomic E-state index is 12.1. The van der Waals surface area contributed by atoms with Crippen molar-refractivity contribution in [2.45, 2.75) is 12.8 Å². The normalized spacial score (nSPS) is 13.4. The average molecular weight is 370 g/mol. The first kappa shape index (κ1) is 18.6. The zero-order valence-electron chi connectivity index (χ0n) is 15.4. The zero-order chi connectivity index (χ0) is 19.2. The Morgan fingerprint density at radius 3 is 2.26 bits per heavy atom. The summed E-state index contributed by atoms with van der Waals surface area (Å²) in [6.45, 7) is 0.604. The van der Waals surface area contributed by atoms with Gasteiger partial charge in [-0.2, -0.15) is 0 Å². The summed E-state index contributed by atoms with van der Waals surface area (Å²) in [7, 11) is 3.09. The first-order valence-electron chi connectivity index (χ1n) is 8.65. The maximum atomic E-state index is 12.1. The summed E-state index contributed by atoms with van der Waals surface area (Å²) in [5.74, 6) is 1.56. The third-order valence-corrected chi connectivity index (χ3v) is 4.23. The van der Waals surface area contributed by atoms with Crippen molar-refractivity contribution in [2.75, 3.05) is 37.6 Å². The fourth-order valence-corrected chi connectivity index (χ4v) is 2.87. The summed E-state index contributed by atoms with van der Waals surface area (Å²) in [4.78, 5) is 25.7. The quantitative estimate of drug-likeness (QED) is 0.811. The van der Waals surface area contributed by atoms with Crippen molar-refractivity contribution in [1.29, 1.82) is 0 Å². The highest BCUT2D eigenvalue weighted by Crippen LogP contribution is 2.26. The first-order valence-corrected chi connectivity index (χ1v) is 8.65. The van der Waals surface area contributed by atoms with Gasteiger partial charge in [-0.3, -0.25) is 9.59 Å². The van der Waals surface area contributed by atoms with E-state index in [4.69, 9.17) is 14.2 Å². The van der Waals surface area contributed by atoms with Gasteiger partial charge in [-0.1, -0.05) is 0 Å². The van der Waals surface area contributed by atoms with E-state index in [1.165, 1.54) is 0 Å². The number of nitrogens with one attached hydrogen (secondary N) is 1. The van der Waals surface area contributed by atoms with Crippen LogP contribution in [0, 0.1) is 0 Å². The minimum atomic E-state index is -0.302. The highest BCUT2D eigenvalue weighted by molar-refractivity contribution is 5.95. The maximum Gasteiger partial charge on any atom is 0.262 e. The van der Waals surface area contributed by atoms with Gasteiger partial charge in [-0.25, -0.2) is 0 Å². The lowest BCUT2D eigenvalue weighted by molar-refractivity contribution is -0.118. The van der Waals surface area contributed by atoms with Gasteiger partial charge in [-0.05, 0) is 30.7 Å². The summed E-state index contributed by atoms with van der Waals surface area (Å²) < 4.78 is 15.9. The molecule has 0 aromatic heterocycles. The second-order valence-electron chi connectivity index (χ2n) is 6.08. The number of amides is 2. The van der Waals surface area contributed by atoms with Crippen LogP contribution in [0.15, 0.2) is 42.5 Å². The minimum Gasteiger partial charge on any atom is -0.497 e. The molecule has 1 heterocycles. The lowest BCUT2D eigenvalue weighted by Gasteiger charge is -2.16. The molecule has 2 aromatic rings. The molecule has 0 saturated carbocycles. The molecule has 7 heteroatoms.